The second-order valence-corrected chi connectivity index (χ2v) is 7.55. The van der Waals surface area contributed by atoms with Crippen LogP contribution in [0.25, 0.3) is 0 Å². The van der Waals surface area contributed by atoms with Gasteiger partial charge in [-0.2, -0.15) is 0 Å². The van der Waals surface area contributed by atoms with Gasteiger partial charge in [-0.25, -0.2) is 4.79 Å². The summed E-state index contributed by atoms with van der Waals surface area (Å²) in [7, 11) is 0. The monoisotopic (exact) mass is 386 g/mol. The van der Waals surface area contributed by atoms with Crippen LogP contribution in [0.5, 0.6) is 5.75 Å². The highest BCUT2D eigenvalue weighted by Crippen LogP contribution is 2.29. The van der Waals surface area contributed by atoms with E-state index in [0.29, 0.717) is 16.3 Å². The molecule has 7 heteroatoms. The van der Waals surface area contributed by atoms with Crippen molar-refractivity contribution in [3.63, 3.8) is 0 Å². The molecular weight excluding hydrogens is 364 g/mol. The maximum Gasteiger partial charge on any atom is 0.334 e. The lowest BCUT2D eigenvalue weighted by Crippen LogP contribution is -2.46. The van der Waals surface area contributed by atoms with Gasteiger partial charge in [0.15, 0.2) is 0 Å². The maximum atomic E-state index is 12.5. The van der Waals surface area contributed by atoms with E-state index in [1.165, 1.54) is 18.3 Å². The largest absolute Gasteiger partial charge is 0.425 e. The van der Waals surface area contributed by atoms with E-state index in [2.05, 4.69) is 10.6 Å². The molecule has 0 bridgehead atoms. The SMILES string of the molecule is CC(=O)NC(C(=O)Oc1ccc(NC(=O)c2cccs2)cc1)C1CCCC1. The lowest BCUT2D eigenvalue weighted by Gasteiger charge is -2.22. The van der Waals surface area contributed by atoms with Crippen molar-refractivity contribution < 1.29 is 19.1 Å². The molecule has 2 aromatic rings. The Kier molecular flexibility index (Phi) is 6.24. The Balaban J connectivity index is 1.61. The molecule has 1 saturated carbocycles. The number of thiophene rings is 1. The van der Waals surface area contributed by atoms with Crippen LogP contribution in [-0.4, -0.2) is 23.8 Å². The third-order valence-corrected chi connectivity index (χ3v) is 5.43. The highest BCUT2D eigenvalue weighted by molar-refractivity contribution is 7.12. The van der Waals surface area contributed by atoms with Gasteiger partial charge in [0.1, 0.15) is 11.8 Å². The van der Waals surface area contributed by atoms with Crippen LogP contribution in [-0.2, 0) is 9.59 Å². The molecule has 1 atom stereocenters. The predicted octanol–water partition coefficient (Wildman–Crippen LogP) is 3.60. The summed E-state index contributed by atoms with van der Waals surface area (Å²) in [6.07, 6.45) is 3.95. The highest BCUT2D eigenvalue weighted by Gasteiger charge is 2.32. The number of amides is 2. The molecule has 1 fully saturated rings. The summed E-state index contributed by atoms with van der Waals surface area (Å²) in [5.74, 6) is -0.377. The van der Waals surface area contributed by atoms with Crippen LogP contribution in [0.2, 0.25) is 0 Å². The number of benzene rings is 1. The van der Waals surface area contributed by atoms with E-state index in [0.717, 1.165) is 25.7 Å². The molecule has 27 heavy (non-hydrogen) atoms. The number of esters is 1. The predicted molar refractivity (Wildman–Crippen MR) is 104 cm³/mol. The van der Waals surface area contributed by atoms with Gasteiger partial charge in [0.05, 0.1) is 4.88 Å². The van der Waals surface area contributed by atoms with E-state index in [1.54, 1.807) is 30.3 Å². The summed E-state index contributed by atoms with van der Waals surface area (Å²) < 4.78 is 5.46. The maximum absolute atomic E-state index is 12.5. The molecular formula is C20H22N2O4S. The molecule has 2 amide bonds. The summed E-state index contributed by atoms with van der Waals surface area (Å²) in [6, 6.07) is 9.55. The van der Waals surface area contributed by atoms with Crippen molar-refractivity contribution >= 4 is 34.8 Å². The van der Waals surface area contributed by atoms with Crippen molar-refractivity contribution in [1.29, 1.82) is 0 Å². The summed E-state index contributed by atoms with van der Waals surface area (Å²) in [5, 5.41) is 7.36. The molecule has 1 aliphatic rings. The zero-order chi connectivity index (χ0) is 19.2. The normalized spacial score (nSPS) is 15.1. The molecule has 142 valence electrons. The first-order valence-corrected chi connectivity index (χ1v) is 9.84. The van der Waals surface area contributed by atoms with Crippen molar-refractivity contribution in [1.82, 2.24) is 5.32 Å². The smallest absolute Gasteiger partial charge is 0.334 e. The molecule has 1 aromatic heterocycles. The van der Waals surface area contributed by atoms with E-state index in [1.807, 2.05) is 11.4 Å². The van der Waals surface area contributed by atoms with Gasteiger partial charge in [0.25, 0.3) is 5.91 Å². The van der Waals surface area contributed by atoms with Gasteiger partial charge in [-0.15, -0.1) is 11.3 Å². The molecule has 1 aromatic carbocycles. The van der Waals surface area contributed by atoms with Gasteiger partial charge >= 0.3 is 5.97 Å². The van der Waals surface area contributed by atoms with Crippen LogP contribution in [0, 0.1) is 5.92 Å². The molecule has 0 aliphatic heterocycles. The van der Waals surface area contributed by atoms with Crippen LogP contribution in [0.3, 0.4) is 0 Å². The number of carbonyl (C=O) groups is 3. The van der Waals surface area contributed by atoms with Gasteiger partial charge in [0, 0.05) is 12.6 Å². The van der Waals surface area contributed by atoms with Gasteiger partial charge in [-0.3, -0.25) is 9.59 Å². The lowest BCUT2D eigenvalue weighted by molar-refractivity contribution is -0.140. The summed E-state index contributed by atoms with van der Waals surface area (Å²) in [5.41, 5.74) is 0.613. The van der Waals surface area contributed by atoms with E-state index in [-0.39, 0.29) is 17.7 Å². The Hall–Kier alpha value is -2.67. The topological polar surface area (TPSA) is 84.5 Å². The molecule has 1 heterocycles. The summed E-state index contributed by atoms with van der Waals surface area (Å²) >= 11 is 1.37. The zero-order valence-corrected chi connectivity index (χ0v) is 15.9. The Morgan fingerprint density at radius 3 is 2.41 bits per heavy atom. The molecule has 0 radical (unpaired) electrons. The van der Waals surface area contributed by atoms with E-state index in [9.17, 15) is 14.4 Å². The molecule has 1 aliphatic carbocycles. The van der Waals surface area contributed by atoms with Gasteiger partial charge in [-0.05, 0) is 54.5 Å². The number of rotatable bonds is 6. The Bertz CT molecular complexity index is 796. The van der Waals surface area contributed by atoms with E-state index < -0.39 is 12.0 Å². The minimum atomic E-state index is -0.622. The average Bonchev–Trinajstić information content (AvgIpc) is 3.35. The number of hydrogen-bond donors (Lipinski definition) is 2. The molecule has 6 nitrogen and oxygen atoms in total. The van der Waals surface area contributed by atoms with E-state index in [4.69, 9.17) is 4.74 Å². The fraction of sp³-hybridized carbons (Fsp3) is 0.350. The highest BCUT2D eigenvalue weighted by atomic mass is 32.1. The molecule has 0 spiro atoms. The average molecular weight is 386 g/mol. The van der Waals surface area contributed by atoms with Crippen LogP contribution in [0.4, 0.5) is 5.69 Å². The molecule has 0 saturated heterocycles. The molecule has 2 N–H and O–H groups in total. The van der Waals surface area contributed by atoms with Crippen LogP contribution >= 0.6 is 11.3 Å². The third-order valence-electron chi connectivity index (χ3n) is 4.56. The van der Waals surface area contributed by atoms with Crippen LogP contribution in [0.15, 0.2) is 41.8 Å². The summed E-state index contributed by atoms with van der Waals surface area (Å²) in [6.45, 7) is 1.40. The zero-order valence-electron chi connectivity index (χ0n) is 15.1. The third kappa shape index (κ3) is 5.17. The van der Waals surface area contributed by atoms with Crippen molar-refractivity contribution in [2.45, 2.75) is 38.6 Å². The standard InChI is InChI=1S/C20H22N2O4S/c1-13(23)21-18(14-5-2-3-6-14)20(25)26-16-10-8-15(9-11-16)22-19(24)17-7-4-12-27-17/h4,7-12,14,18H,2-3,5-6H2,1H3,(H,21,23)(H,22,24). The van der Waals surface area contributed by atoms with Crippen molar-refractivity contribution in [3.05, 3.63) is 46.7 Å². The Morgan fingerprint density at radius 1 is 1.11 bits per heavy atom. The lowest BCUT2D eigenvalue weighted by atomic mass is 9.98. The minimum absolute atomic E-state index is 0.116. The number of hydrogen-bond acceptors (Lipinski definition) is 5. The number of anilines is 1. The van der Waals surface area contributed by atoms with Gasteiger partial charge in [0.2, 0.25) is 5.91 Å². The summed E-state index contributed by atoms with van der Waals surface area (Å²) in [4.78, 5) is 36.7. The van der Waals surface area contributed by atoms with Crippen LogP contribution < -0.4 is 15.4 Å². The first-order chi connectivity index (χ1) is 13.0. The first-order valence-electron chi connectivity index (χ1n) is 8.96. The molecule has 3 rings (SSSR count). The van der Waals surface area contributed by atoms with Crippen molar-refractivity contribution in [2.75, 3.05) is 5.32 Å². The van der Waals surface area contributed by atoms with Crippen molar-refractivity contribution in [2.24, 2.45) is 5.92 Å². The number of nitrogens with one attached hydrogen (secondary N) is 2. The van der Waals surface area contributed by atoms with Gasteiger partial charge in [-0.1, -0.05) is 18.9 Å². The van der Waals surface area contributed by atoms with Gasteiger partial charge < -0.3 is 15.4 Å². The fourth-order valence-electron chi connectivity index (χ4n) is 3.27. The first kappa shape index (κ1) is 19.1. The van der Waals surface area contributed by atoms with Crippen molar-refractivity contribution in [3.8, 4) is 5.75 Å². The fourth-order valence-corrected chi connectivity index (χ4v) is 3.88. The quantitative estimate of drug-likeness (QED) is 0.587. The second-order valence-electron chi connectivity index (χ2n) is 6.60. The van der Waals surface area contributed by atoms with E-state index >= 15 is 0 Å². The number of ether oxygens (including phenoxy) is 1. The Labute approximate surface area is 161 Å². The van der Waals surface area contributed by atoms with Crippen LogP contribution in [0.1, 0.15) is 42.3 Å². The Morgan fingerprint density at radius 2 is 1.81 bits per heavy atom. The number of carbonyl (C=O) groups excluding carboxylic acids is 3. The molecule has 1 unspecified atom stereocenters. The minimum Gasteiger partial charge on any atom is -0.425 e. The second kappa shape index (κ2) is 8.81.